The molecule has 2 aromatic rings. The molecule has 23 heavy (non-hydrogen) atoms. The van der Waals surface area contributed by atoms with E-state index >= 15 is 0 Å². The maximum absolute atomic E-state index is 12.2. The Morgan fingerprint density at radius 3 is 2.87 bits per heavy atom. The van der Waals surface area contributed by atoms with Gasteiger partial charge < -0.3 is 9.64 Å². The SMILES string of the molecule is CCOc1ccccc1-n1nnnc1SCC(=O)N1CCCC1. The maximum Gasteiger partial charge on any atom is 0.233 e. The summed E-state index contributed by atoms with van der Waals surface area (Å²) in [5.41, 5.74) is 0.774. The largest absolute Gasteiger partial charge is 0.492 e. The van der Waals surface area contributed by atoms with Crippen molar-refractivity contribution in [2.75, 3.05) is 25.4 Å². The van der Waals surface area contributed by atoms with Crippen LogP contribution in [0.1, 0.15) is 19.8 Å². The zero-order chi connectivity index (χ0) is 16.1. The van der Waals surface area contributed by atoms with Crippen molar-refractivity contribution < 1.29 is 9.53 Å². The summed E-state index contributed by atoms with van der Waals surface area (Å²) >= 11 is 1.35. The minimum atomic E-state index is 0.139. The Morgan fingerprint density at radius 2 is 2.09 bits per heavy atom. The van der Waals surface area contributed by atoms with Crippen LogP contribution in [-0.4, -0.2) is 56.5 Å². The molecular formula is C15H19N5O2S. The highest BCUT2D eigenvalue weighted by molar-refractivity contribution is 7.99. The summed E-state index contributed by atoms with van der Waals surface area (Å²) in [7, 11) is 0. The first kappa shape index (κ1) is 15.8. The summed E-state index contributed by atoms with van der Waals surface area (Å²) in [6, 6.07) is 7.59. The van der Waals surface area contributed by atoms with Crippen LogP contribution >= 0.6 is 11.8 Å². The summed E-state index contributed by atoms with van der Waals surface area (Å²) in [5.74, 6) is 1.20. The van der Waals surface area contributed by atoms with Crippen molar-refractivity contribution in [1.29, 1.82) is 0 Å². The van der Waals surface area contributed by atoms with E-state index in [1.807, 2.05) is 36.1 Å². The number of tetrazole rings is 1. The summed E-state index contributed by atoms with van der Waals surface area (Å²) in [6.07, 6.45) is 2.19. The molecule has 1 fully saturated rings. The van der Waals surface area contributed by atoms with Crippen molar-refractivity contribution in [1.82, 2.24) is 25.1 Å². The van der Waals surface area contributed by atoms with Gasteiger partial charge in [-0.1, -0.05) is 23.9 Å². The van der Waals surface area contributed by atoms with Gasteiger partial charge in [-0.3, -0.25) is 4.79 Å². The molecule has 1 amide bonds. The second-order valence-corrected chi connectivity index (χ2v) is 6.09. The van der Waals surface area contributed by atoms with Gasteiger partial charge in [-0.2, -0.15) is 4.68 Å². The van der Waals surface area contributed by atoms with Crippen molar-refractivity contribution in [3.05, 3.63) is 24.3 Å². The Labute approximate surface area is 139 Å². The number of hydrogen-bond donors (Lipinski definition) is 0. The first-order valence-corrected chi connectivity index (χ1v) is 8.69. The molecule has 0 aliphatic carbocycles. The van der Waals surface area contributed by atoms with Gasteiger partial charge in [-0.25, -0.2) is 0 Å². The molecule has 2 heterocycles. The number of ether oxygens (including phenoxy) is 1. The normalized spacial score (nSPS) is 14.2. The lowest BCUT2D eigenvalue weighted by molar-refractivity contribution is -0.127. The average Bonchev–Trinajstić information content (AvgIpc) is 3.25. The third-order valence-corrected chi connectivity index (χ3v) is 4.52. The Balaban J connectivity index is 1.73. The number of rotatable bonds is 6. The minimum Gasteiger partial charge on any atom is -0.492 e. The number of nitrogens with zero attached hydrogens (tertiary/aromatic N) is 5. The number of benzene rings is 1. The van der Waals surface area contributed by atoms with Crippen LogP contribution in [-0.2, 0) is 4.79 Å². The topological polar surface area (TPSA) is 73.1 Å². The number of aromatic nitrogens is 4. The van der Waals surface area contributed by atoms with Crippen molar-refractivity contribution >= 4 is 17.7 Å². The zero-order valence-electron chi connectivity index (χ0n) is 13.0. The van der Waals surface area contributed by atoms with Crippen LogP contribution in [0.3, 0.4) is 0 Å². The molecule has 1 aromatic carbocycles. The maximum atomic E-state index is 12.2. The minimum absolute atomic E-state index is 0.139. The van der Waals surface area contributed by atoms with Crippen molar-refractivity contribution in [2.24, 2.45) is 0 Å². The van der Waals surface area contributed by atoms with Crippen LogP contribution < -0.4 is 4.74 Å². The number of hydrogen-bond acceptors (Lipinski definition) is 6. The first-order chi connectivity index (χ1) is 11.3. The second-order valence-electron chi connectivity index (χ2n) is 5.15. The highest BCUT2D eigenvalue weighted by Gasteiger charge is 2.20. The smallest absolute Gasteiger partial charge is 0.233 e. The molecule has 0 bridgehead atoms. The van der Waals surface area contributed by atoms with E-state index in [0.717, 1.165) is 37.4 Å². The van der Waals surface area contributed by atoms with Gasteiger partial charge in [-0.15, -0.1) is 5.10 Å². The molecule has 0 spiro atoms. The van der Waals surface area contributed by atoms with Crippen LogP contribution in [0.5, 0.6) is 5.75 Å². The van der Waals surface area contributed by atoms with Gasteiger partial charge in [0.05, 0.1) is 12.4 Å². The van der Waals surface area contributed by atoms with E-state index < -0.39 is 0 Å². The van der Waals surface area contributed by atoms with Gasteiger partial charge in [0.1, 0.15) is 11.4 Å². The summed E-state index contributed by atoms with van der Waals surface area (Å²) in [4.78, 5) is 14.1. The van der Waals surface area contributed by atoms with E-state index in [2.05, 4.69) is 15.5 Å². The number of thioether (sulfide) groups is 1. The molecule has 7 nitrogen and oxygen atoms in total. The molecule has 1 aliphatic rings. The molecule has 0 N–H and O–H groups in total. The lowest BCUT2D eigenvalue weighted by Gasteiger charge is -2.14. The zero-order valence-corrected chi connectivity index (χ0v) is 13.8. The highest BCUT2D eigenvalue weighted by atomic mass is 32.2. The quantitative estimate of drug-likeness (QED) is 0.750. The van der Waals surface area contributed by atoms with Gasteiger partial charge in [0.25, 0.3) is 0 Å². The fourth-order valence-electron chi connectivity index (χ4n) is 2.51. The summed E-state index contributed by atoms with van der Waals surface area (Å²) in [6.45, 7) is 4.21. The van der Waals surface area contributed by atoms with E-state index in [9.17, 15) is 4.79 Å². The molecule has 3 rings (SSSR count). The van der Waals surface area contributed by atoms with Crippen LogP contribution in [0.25, 0.3) is 5.69 Å². The number of carbonyl (C=O) groups excluding carboxylic acids is 1. The van der Waals surface area contributed by atoms with Crippen LogP contribution in [0.2, 0.25) is 0 Å². The van der Waals surface area contributed by atoms with Crippen LogP contribution in [0.4, 0.5) is 0 Å². The molecule has 8 heteroatoms. The van der Waals surface area contributed by atoms with Crippen LogP contribution in [0, 0.1) is 0 Å². The highest BCUT2D eigenvalue weighted by Crippen LogP contribution is 2.26. The predicted octanol–water partition coefficient (Wildman–Crippen LogP) is 1.78. The van der Waals surface area contributed by atoms with Gasteiger partial charge in [-0.05, 0) is 42.3 Å². The van der Waals surface area contributed by atoms with E-state index in [1.54, 1.807) is 4.68 Å². The summed E-state index contributed by atoms with van der Waals surface area (Å²) < 4.78 is 7.24. The van der Waals surface area contributed by atoms with E-state index in [4.69, 9.17) is 4.74 Å². The van der Waals surface area contributed by atoms with Gasteiger partial charge in [0, 0.05) is 13.1 Å². The Morgan fingerprint density at radius 1 is 1.30 bits per heavy atom. The van der Waals surface area contributed by atoms with Crippen molar-refractivity contribution in [3.8, 4) is 11.4 Å². The van der Waals surface area contributed by atoms with E-state index in [0.29, 0.717) is 17.5 Å². The second kappa shape index (κ2) is 7.45. The third kappa shape index (κ3) is 3.64. The molecule has 1 aliphatic heterocycles. The average molecular weight is 333 g/mol. The molecule has 0 atom stereocenters. The molecule has 0 unspecified atom stereocenters. The van der Waals surface area contributed by atoms with Gasteiger partial charge in [0.15, 0.2) is 0 Å². The van der Waals surface area contributed by atoms with Crippen LogP contribution in [0.15, 0.2) is 29.4 Å². The number of amides is 1. The number of likely N-dealkylation sites (tertiary alicyclic amines) is 1. The third-order valence-electron chi connectivity index (χ3n) is 3.62. The molecule has 0 saturated carbocycles. The van der Waals surface area contributed by atoms with Gasteiger partial charge >= 0.3 is 0 Å². The molecular weight excluding hydrogens is 314 g/mol. The molecule has 1 aromatic heterocycles. The lowest BCUT2D eigenvalue weighted by atomic mass is 10.3. The Bertz CT molecular complexity index is 669. The Hall–Kier alpha value is -2.09. The Kier molecular flexibility index (Phi) is 5.12. The fraction of sp³-hybridized carbons (Fsp3) is 0.467. The van der Waals surface area contributed by atoms with Gasteiger partial charge in [0.2, 0.25) is 11.1 Å². The number of carbonyl (C=O) groups is 1. The molecule has 1 saturated heterocycles. The molecule has 0 radical (unpaired) electrons. The predicted molar refractivity (Wildman–Crippen MR) is 86.9 cm³/mol. The lowest BCUT2D eigenvalue weighted by Crippen LogP contribution is -2.29. The van der Waals surface area contributed by atoms with E-state index in [1.165, 1.54) is 11.8 Å². The van der Waals surface area contributed by atoms with Crippen molar-refractivity contribution in [2.45, 2.75) is 24.9 Å². The summed E-state index contributed by atoms with van der Waals surface area (Å²) in [5, 5.41) is 12.4. The first-order valence-electron chi connectivity index (χ1n) is 7.70. The standard InChI is InChI=1S/C15H19N5O2S/c1-2-22-13-8-4-3-7-12(13)20-15(16-17-18-20)23-11-14(21)19-9-5-6-10-19/h3-4,7-8H,2,5-6,9-11H2,1H3. The monoisotopic (exact) mass is 333 g/mol. The van der Waals surface area contributed by atoms with E-state index in [-0.39, 0.29) is 5.91 Å². The fourth-order valence-corrected chi connectivity index (χ4v) is 3.30. The molecule has 122 valence electrons. The number of para-hydroxylation sites is 2. The van der Waals surface area contributed by atoms with Crippen molar-refractivity contribution in [3.63, 3.8) is 0 Å².